The maximum absolute atomic E-state index is 13.1. The van der Waals surface area contributed by atoms with Gasteiger partial charge in [0.15, 0.2) is 0 Å². The van der Waals surface area contributed by atoms with Gasteiger partial charge in [-0.2, -0.15) is 0 Å². The van der Waals surface area contributed by atoms with Gasteiger partial charge in [-0.3, -0.25) is 9.63 Å². The molecule has 0 aliphatic rings. The molecule has 1 rings (SSSR count). The molecule has 0 atom stereocenters. The summed E-state index contributed by atoms with van der Waals surface area (Å²) in [4.78, 5) is 16.0. The molecule has 0 aliphatic carbocycles. The van der Waals surface area contributed by atoms with Gasteiger partial charge in [-0.15, -0.1) is 0 Å². The van der Waals surface area contributed by atoms with Crippen molar-refractivity contribution in [1.82, 2.24) is 5.06 Å². The van der Waals surface area contributed by atoms with Crippen molar-refractivity contribution >= 4 is 5.91 Å². The first kappa shape index (κ1) is 10.7. The highest BCUT2D eigenvalue weighted by atomic mass is 19.1. The fourth-order valence-corrected chi connectivity index (χ4v) is 1.02. The smallest absolute Gasteiger partial charge is 0.250 e. The summed E-state index contributed by atoms with van der Waals surface area (Å²) < 4.78 is 13.1. The van der Waals surface area contributed by atoms with Crippen LogP contribution in [0, 0.1) is 5.82 Å². The fraction of sp³-hybridized carbons (Fsp3) is 0.300. The lowest BCUT2D eigenvalue weighted by molar-refractivity contribution is -0.167. The number of carbonyl (C=O) groups is 1. The van der Waals surface area contributed by atoms with Crippen molar-refractivity contribution in [3.8, 4) is 0 Å². The number of hydrogen-bond acceptors (Lipinski definition) is 2. The molecule has 14 heavy (non-hydrogen) atoms. The number of rotatable bonds is 3. The predicted octanol–water partition coefficient (Wildman–Crippen LogP) is 1.39. The molecule has 4 heteroatoms. The van der Waals surface area contributed by atoms with Crippen LogP contribution in [0.4, 0.5) is 4.39 Å². The van der Waals surface area contributed by atoms with E-state index in [2.05, 4.69) is 4.84 Å². The summed E-state index contributed by atoms with van der Waals surface area (Å²) in [5, 5.41) is 1.08. The molecule has 0 aromatic heterocycles. The lowest BCUT2D eigenvalue weighted by Crippen LogP contribution is -2.27. The highest BCUT2D eigenvalue weighted by Gasteiger charge is 2.11. The summed E-state index contributed by atoms with van der Waals surface area (Å²) in [5.74, 6) is -0.650. The van der Waals surface area contributed by atoms with Crippen LogP contribution in [0.5, 0.6) is 0 Å². The molecule has 0 N–H and O–H groups in total. The van der Waals surface area contributed by atoms with Crippen LogP contribution in [0.2, 0.25) is 0 Å². The maximum atomic E-state index is 13.1. The van der Waals surface area contributed by atoms with E-state index in [1.165, 1.54) is 20.2 Å². The van der Waals surface area contributed by atoms with Crippen LogP contribution in [-0.4, -0.2) is 25.1 Å². The largest absolute Gasteiger partial charge is 0.275 e. The predicted molar refractivity (Wildman–Crippen MR) is 49.9 cm³/mol. The SMILES string of the molecule is CON(C)C(=O)Cc1ccccc1F. The van der Waals surface area contributed by atoms with Gasteiger partial charge < -0.3 is 0 Å². The van der Waals surface area contributed by atoms with E-state index in [4.69, 9.17) is 0 Å². The standard InChI is InChI=1S/C10H12FNO2/c1-12(14-2)10(13)7-8-5-3-4-6-9(8)11/h3-6H,7H2,1-2H3. The van der Waals surface area contributed by atoms with Crippen molar-refractivity contribution in [2.75, 3.05) is 14.2 Å². The van der Waals surface area contributed by atoms with E-state index in [9.17, 15) is 9.18 Å². The summed E-state index contributed by atoms with van der Waals surface area (Å²) in [5.41, 5.74) is 0.376. The number of halogens is 1. The quantitative estimate of drug-likeness (QED) is 0.685. The van der Waals surface area contributed by atoms with Gasteiger partial charge >= 0.3 is 0 Å². The van der Waals surface area contributed by atoms with Crippen LogP contribution in [0.25, 0.3) is 0 Å². The monoisotopic (exact) mass is 197 g/mol. The average Bonchev–Trinajstić information content (AvgIpc) is 2.20. The molecular formula is C10H12FNO2. The van der Waals surface area contributed by atoms with Gasteiger partial charge in [0.1, 0.15) is 5.82 Å². The Morgan fingerprint density at radius 3 is 2.71 bits per heavy atom. The van der Waals surface area contributed by atoms with Crippen molar-refractivity contribution in [3.63, 3.8) is 0 Å². The summed E-state index contributed by atoms with van der Waals surface area (Å²) in [7, 11) is 2.88. The van der Waals surface area contributed by atoms with Crippen LogP contribution in [0.1, 0.15) is 5.56 Å². The van der Waals surface area contributed by atoms with Crippen molar-refractivity contribution in [3.05, 3.63) is 35.6 Å². The molecule has 0 saturated carbocycles. The maximum Gasteiger partial charge on any atom is 0.250 e. The zero-order chi connectivity index (χ0) is 10.6. The molecule has 1 amide bonds. The van der Waals surface area contributed by atoms with Crippen LogP contribution in [0.3, 0.4) is 0 Å². The van der Waals surface area contributed by atoms with Crippen molar-refractivity contribution in [1.29, 1.82) is 0 Å². The van der Waals surface area contributed by atoms with Gasteiger partial charge in [0, 0.05) is 7.05 Å². The Morgan fingerprint density at radius 1 is 1.50 bits per heavy atom. The Morgan fingerprint density at radius 2 is 2.14 bits per heavy atom. The molecule has 0 spiro atoms. The minimum Gasteiger partial charge on any atom is -0.275 e. The fourth-order valence-electron chi connectivity index (χ4n) is 1.02. The summed E-state index contributed by atoms with van der Waals surface area (Å²) in [6.07, 6.45) is 0.0109. The highest BCUT2D eigenvalue weighted by Crippen LogP contribution is 2.08. The van der Waals surface area contributed by atoms with E-state index in [1.54, 1.807) is 18.2 Å². The third kappa shape index (κ3) is 2.53. The molecule has 1 aromatic rings. The first-order chi connectivity index (χ1) is 6.65. The topological polar surface area (TPSA) is 29.5 Å². The van der Waals surface area contributed by atoms with Gasteiger partial charge in [-0.05, 0) is 11.6 Å². The molecule has 0 heterocycles. The number of hydroxylamine groups is 2. The number of benzene rings is 1. The van der Waals surface area contributed by atoms with Gasteiger partial charge in [0.05, 0.1) is 13.5 Å². The summed E-state index contributed by atoms with van der Waals surface area (Å²) >= 11 is 0. The second kappa shape index (κ2) is 4.72. The Labute approximate surface area is 82.0 Å². The van der Waals surface area contributed by atoms with E-state index in [0.29, 0.717) is 5.56 Å². The first-order valence-corrected chi connectivity index (χ1v) is 4.19. The molecule has 0 aliphatic heterocycles. The minimum absolute atomic E-state index is 0.0109. The van der Waals surface area contributed by atoms with Crippen LogP contribution in [-0.2, 0) is 16.1 Å². The molecule has 0 unspecified atom stereocenters. The Bertz CT molecular complexity index is 328. The summed E-state index contributed by atoms with van der Waals surface area (Å²) in [6.45, 7) is 0. The average molecular weight is 197 g/mol. The molecule has 0 bridgehead atoms. The molecule has 1 aromatic carbocycles. The number of carbonyl (C=O) groups excluding carboxylic acids is 1. The Kier molecular flexibility index (Phi) is 3.59. The second-order valence-electron chi connectivity index (χ2n) is 2.84. The zero-order valence-corrected chi connectivity index (χ0v) is 8.16. The lowest BCUT2D eigenvalue weighted by Gasteiger charge is -2.13. The first-order valence-electron chi connectivity index (χ1n) is 4.19. The van der Waals surface area contributed by atoms with E-state index in [1.807, 2.05) is 0 Å². The van der Waals surface area contributed by atoms with Crippen LogP contribution in [0.15, 0.2) is 24.3 Å². The van der Waals surface area contributed by atoms with Gasteiger partial charge in [-0.25, -0.2) is 9.45 Å². The molecule has 76 valence electrons. The van der Waals surface area contributed by atoms with E-state index < -0.39 is 0 Å². The second-order valence-corrected chi connectivity index (χ2v) is 2.84. The number of nitrogens with zero attached hydrogens (tertiary/aromatic N) is 1. The third-order valence-corrected chi connectivity index (χ3v) is 1.92. The van der Waals surface area contributed by atoms with E-state index >= 15 is 0 Å². The molecule has 0 fully saturated rings. The molecule has 0 saturated heterocycles. The normalized spacial score (nSPS) is 9.93. The summed E-state index contributed by atoms with van der Waals surface area (Å²) in [6, 6.07) is 6.19. The lowest BCUT2D eigenvalue weighted by atomic mass is 10.1. The molecular weight excluding hydrogens is 185 g/mol. The van der Waals surface area contributed by atoms with Crippen molar-refractivity contribution in [2.45, 2.75) is 6.42 Å². The zero-order valence-electron chi connectivity index (χ0n) is 8.16. The minimum atomic E-state index is -0.370. The third-order valence-electron chi connectivity index (χ3n) is 1.92. The number of likely N-dealkylation sites (N-methyl/N-ethyl adjacent to an activating group) is 1. The van der Waals surface area contributed by atoms with Crippen LogP contribution >= 0.6 is 0 Å². The highest BCUT2D eigenvalue weighted by molar-refractivity contribution is 5.77. The Hall–Kier alpha value is -1.42. The van der Waals surface area contributed by atoms with Crippen molar-refractivity contribution in [2.24, 2.45) is 0 Å². The van der Waals surface area contributed by atoms with Gasteiger partial charge in [0.2, 0.25) is 5.91 Å². The molecule has 3 nitrogen and oxygen atoms in total. The van der Waals surface area contributed by atoms with Crippen molar-refractivity contribution < 1.29 is 14.0 Å². The Balaban J connectivity index is 2.70. The van der Waals surface area contributed by atoms with E-state index in [0.717, 1.165) is 5.06 Å². The van der Waals surface area contributed by atoms with Gasteiger partial charge in [-0.1, -0.05) is 18.2 Å². The number of amides is 1. The van der Waals surface area contributed by atoms with Crippen LogP contribution < -0.4 is 0 Å². The molecule has 0 radical (unpaired) electrons. The van der Waals surface area contributed by atoms with Gasteiger partial charge in [0.25, 0.3) is 0 Å². The van der Waals surface area contributed by atoms with E-state index in [-0.39, 0.29) is 18.1 Å². The number of hydrogen-bond donors (Lipinski definition) is 0.